The average Bonchev–Trinajstić information content (AvgIpc) is 2.12. The molecule has 1 unspecified atom stereocenters. The van der Waals surface area contributed by atoms with Crippen LogP contribution in [0.5, 0.6) is 0 Å². The van der Waals surface area contributed by atoms with Gasteiger partial charge >= 0.3 is 0 Å². The summed E-state index contributed by atoms with van der Waals surface area (Å²) in [6.07, 6.45) is 7.61. The van der Waals surface area contributed by atoms with E-state index in [1.165, 1.54) is 6.42 Å². The Morgan fingerprint density at radius 1 is 1.50 bits per heavy atom. The highest BCUT2D eigenvalue weighted by molar-refractivity contribution is 5.76. The van der Waals surface area contributed by atoms with Gasteiger partial charge in [-0.05, 0) is 19.3 Å². The number of primary amides is 1. The Bertz CT molecular complexity index is 114. The van der Waals surface area contributed by atoms with Crippen molar-refractivity contribution in [3.05, 3.63) is 6.42 Å². The van der Waals surface area contributed by atoms with Crippen LogP contribution in [0, 0.1) is 12.3 Å². The molecular weight excluding hydrogens is 126 g/mol. The molecule has 1 fully saturated rings. The maximum atomic E-state index is 10.7. The first kappa shape index (κ1) is 7.58. The normalized spacial score (nSPS) is 22.0. The molecule has 2 heteroatoms. The zero-order chi connectivity index (χ0) is 7.40. The first-order valence-electron chi connectivity index (χ1n) is 3.91. The fourth-order valence-electron chi connectivity index (χ4n) is 1.37. The number of amides is 1. The molecule has 0 spiro atoms. The fourth-order valence-corrected chi connectivity index (χ4v) is 1.37. The summed E-state index contributed by atoms with van der Waals surface area (Å²) in [5, 5.41) is 0. The van der Waals surface area contributed by atoms with Gasteiger partial charge in [0, 0.05) is 5.92 Å². The molecule has 2 nitrogen and oxygen atoms in total. The van der Waals surface area contributed by atoms with E-state index in [4.69, 9.17) is 5.73 Å². The van der Waals surface area contributed by atoms with Gasteiger partial charge in [0.05, 0.1) is 0 Å². The van der Waals surface area contributed by atoms with E-state index in [1.54, 1.807) is 0 Å². The minimum Gasteiger partial charge on any atom is -0.369 e. The van der Waals surface area contributed by atoms with E-state index >= 15 is 0 Å². The second-order valence-corrected chi connectivity index (χ2v) is 2.91. The van der Waals surface area contributed by atoms with E-state index in [0.717, 1.165) is 25.7 Å². The molecule has 1 amide bonds. The molecule has 0 aromatic carbocycles. The van der Waals surface area contributed by atoms with Gasteiger partial charge in [0.15, 0.2) is 0 Å². The third-order valence-corrected chi connectivity index (χ3v) is 2.06. The number of rotatable bonds is 1. The first-order valence-corrected chi connectivity index (χ1v) is 3.91. The van der Waals surface area contributed by atoms with Gasteiger partial charge in [-0.15, -0.1) is 0 Å². The molecule has 1 saturated carbocycles. The Morgan fingerprint density at radius 2 is 2.30 bits per heavy atom. The van der Waals surface area contributed by atoms with E-state index in [1.807, 2.05) is 0 Å². The second kappa shape index (κ2) is 3.59. The fraction of sp³-hybridized carbons (Fsp3) is 0.750. The zero-order valence-corrected chi connectivity index (χ0v) is 6.18. The standard InChI is InChI=1S/C8H14NO/c9-8(10)7-5-3-1-2-4-6-7/h3,7H,1-2,4-6H2,(H2,9,10). The molecule has 57 valence electrons. The van der Waals surface area contributed by atoms with E-state index in [0.29, 0.717) is 0 Å². The van der Waals surface area contributed by atoms with Crippen LogP contribution in [0.3, 0.4) is 0 Å². The summed E-state index contributed by atoms with van der Waals surface area (Å²) in [6.45, 7) is 0. The van der Waals surface area contributed by atoms with Crippen LogP contribution in [-0.4, -0.2) is 5.91 Å². The van der Waals surface area contributed by atoms with Crippen molar-refractivity contribution in [2.45, 2.75) is 32.1 Å². The van der Waals surface area contributed by atoms with Crippen LogP contribution in [0.4, 0.5) is 0 Å². The van der Waals surface area contributed by atoms with Crippen LogP contribution in [0.1, 0.15) is 32.1 Å². The van der Waals surface area contributed by atoms with Crippen LogP contribution in [0.15, 0.2) is 0 Å². The Kier molecular flexibility index (Phi) is 2.72. The third-order valence-electron chi connectivity index (χ3n) is 2.06. The third kappa shape index (κ3) is 2.01. The minimum absolute atomic E-state index is 0.127. The molecule has 0 aliphatic heterocycles. The Labute approximate surface area is 61.8 Å². The Hall–Kier alpha value is -0.530. The number of carbonyl (C=O) groups is 1. The van der Waals surface area contributed by atoms with Crippen molar-refractivity contribution in [2.24, 2.45) is 11.7 Å². The predicted octanol–water partition coefficient (Wildman–Crippen LogP) is 1.26. The van der Waals surface area contributed by atoms with Crippen molar-refractivity contribution in [3.63, 3.8) is 0 Å². The molecule has 0 saturated heterocycles. The van der Waals surface area contributed by atoms with Crippen molar-refractivity contribution in [1.82, 2.24) is 0 Å². The molecular formula is C8H14NO. The molecule has 1 radical (unpaired) electrons. The van der Waals surface area contributed by atoms with Gasteiger partial charge in [0.2, 0.25) is 5.91 Å². The topological polar surface area (TPSA) is 43.1 Å². The number of hydrogen-bond donors (Lipinski definition) is 1. The highest BCUT2D eigenvalue weighted by Crippen LogP contribution is 2.21. The molecule has 1 atom stereocenters. The maximum absolute atomic E-state index is 10.7. The molecule has 1 aliphatic carbocycles. The van der Waals surface area contributed by atoms with Gasteiger partial charge in [-0.1, -0.05) is 19.3 Å². The lowest BCUT2D eigenvalue weighted by Crippen LogP contribution is -2.22. The Balaban J connectivity index is 2.35. The van der Waals surface area contributed by atoms with Crippen molar-refractivity contribution >= 4 is 5.91 Å². The lowest BCUT2D eigenvalue weighted by molar-refractivity contribution is -0.121. The van der Waals surface area contributed by atoms with Gasteiger partial charge in [0.1, 0.15) is 0 Å². The average molecular weight is 140 g/mol. The monoisotopic (exact) mass is 140 g/mol. The van der Waals surface area contributed by atoms with Crippen LogP contribution in [0.25, 0.3) is 0 Å². The van der Waals surface area contributed by atoms with E-state index in [-0.39, 0.29) is 11.8 Å². The summed E-state index contributed by atoms with van der Waals surface area (Å²) in [5.41, 5.74) is 5.18. The Morgan fingerprint density at radius 3 is 3.00 bits per heavy atom. The van der Waals surface area contributed by atoms with Gasteiger partial charge in [-0.25, -0.2) is 0 Å². The largest absolute Gasteiger partial charge is 0.369 e. The van der Waals surface area contributed by atoms with Crippen molar-refractivity contribution in [1.29, 1.82) is 0 Å². The molecule has 0 aromatic rings. The van der Waals surface area contributed by atoms with E-state index in [2.05, 4.69) is 6.42 Å². The summed E-state index contributed by atoms with van der Waals surface area (Å²) < 4.78 is 0. The summed E-state index contributed by atoms with van der Waals surface area (Å²) in [5.74, 6) is 0.000602. The molecule has 1 aliphatic rings. The number of nitrogens with two attached hydrogens (primary N) is 1. The highest BCUT2D eigenvalue weighted by Gasteiger charge is 2.16. The zero-order valence-electron chi connectivity index (χ0n) is 6.18. The molecule has 2 N–H and O–H groups in total. The summed E-state index contributed by atoms with van der Waals surface area (Å²) in [6, 6.07) is 0. The van der Waals surface area contributed by atoms with Crippen molar-refractivity contribution in [2.75, 3.05) is 0 Å². The molecule has 1 rings (SSSR count). The summed E-state index contributed by atoms with van der Waals surface area (Å²) in [7, 11) is 0. The van der Waals surface area contributed by atoms with Crippen LogP contribution < -0.4 is 5.73 Å². The van der Waals surface area contributed by atoms with E-state index < -0.39 is 0 Å². The van der Waals surface area contributed by atoms with Crippen LogP contribution >= 0.6 is 0 Å². The molecule has 0 aromatic heterocycles. The minimum atomic E-state index is -0.127. The second-order valence-electron chi connectivity index (χ2n) is 2.91. The number of hydrogen-bond acceptors (Lipinski definition) is 1. The quantitative estimate of drug-likeness (QED) is 0.547. The van der Waals surface area contributed by atoms with Gasteiger partial charge in [-0.2, -0.15) is 0 Å². The van der Waals surface area contributed by atoms with Gasteiger partial charge in [-0.3, -0.25) is 4.79 Å². The molecule has 10 heavy (non-hydrogen) atoms. The van der Waals surface area contributed by atoms with Gasteiger partial charge in [0.25, 0.3) is 0 Å². The maximum Gasteiger partial charge on any atom is 0.220 e. The predicted molar refractivity (Wildman–Crippen MR) is 40.1 cm³/mol. The lowest BCUT2D eigenvalue weighted by atomic mass is 10.0. The lowest BCUT2D eigenvalue weighted by Gasteiger charge is -2.06. The van der Waals surface area contributed by atoms with Crippen LogP contribution in [-0.2, 0) is 4.79 Å². The highest BCUT2D eigenvalue weighted by atomic mass is 16.1. The van der Waals surface area contributed by atoms with Crippen LogP contribution in [0.2, 0.25) is 0 Å². The van der Waals surface area contributed by atoms with Crippen molar-refractivity contribution < 1.29 is 4.79 Å². The summed E-state index contributed by atoms with van der Waals surface area (Å²) >= 11 is 0. The SMILES string of the molecule is NC(=O)C1C[CH]CCCC1. The van der Waals surface area contributed by atoms with Gasteiger partial charge < -0.3 is 5.73 Å². The van der Waals surface area contributed by atoms with Crippen molar-refractivity contribution in [3.8, 4) is 0 Å². The molecule has 0 heterocycles. The number of carbonyl (C=O) groups excluding carboxylic acids is 1. The summed E-state index contributed by atoms with van der Waals surface area (Å²) in [4.78, 5) is 10.7. The smallest absolute Gasteiger partial charge is 0.220 e. The molecule has 0 bridgehead atoms. The first-order chi connectivity index (χ1) is 4.80. The van der Waals surface area contributed by atoms with E-state index in [9.17, 15) is 4.79 Å².